The minimum absolute atomic E-state index is 0.187. The largest absolute Gasteiger partial charge is 0.464 e. The number of hydrogen-bond acceptors (Lipinski definition) is 6. The first-order chi connectivity index (χ1) is 17.0. The summed E-state index contributed by atoms with van der Waals surface area (Å²) in [6, 6.07) is 10.1. The Morgan fingerprint density at radius 3 is 2.69 bits per heavy atom. The van der Waals surface area contributed by atoms with Gasteiger partial charge >= 0.3 is 0 Å². The number of imide groups is 1. The van der Waals surface area contributed by atoms with Crippen LogP contribution in [-0.2, 0) is 22.7 Å². The molecule has 1 N–H and O–H groups in total. The molecule has 0 spiro atoms. The van der Waals surface area contributed by atoms with Gasteiger partial charge in [0.1, 0.15) is 17.4 Å². The fraction of sp³-hybridized carbons (Fsp3) is 0.346. The van der Waals surface area contributed by atoms with Crippen molar-refractivity contribution >= 4 is 34.4 Å². The first-order valence-corrected chi connectivity index (χ1v) is 11.9. The first-order valence-electron chi connectivity index (χ1n) is 11.9. The predicted molar refractivity (Wildman–Crippen MR) is 126 cm³/mol. The Balaban J connectivity index is 1.19. The summed E-state index contributed by atoms with van der Waals surface area (Å²) in [6.45, 7) is 4.02. The third-order valence-electron chi connectivity index (χ3n) is 7.29. The lowest BCUT2D eigenvalue weighted by Gasteiger charge is -2.37. The number of anilines is 1. The smallest absolute Gasteiger partial charge is 0.255 e. The molecule has 6 rings (SSSR count). The van der Waals surface area contributed by atoms with Gasteiger partial charge in [0.15, 0.2) is 0 Å². The predicted octanol–water partition coefficient (Wildman–Crippen LogP) is 2.66. The molecule has 2 saturated heterocycles. The minimum atomic E-state index is -0.717. The highest BCUT2D eigenvalue weighted by Gasteiger charge is 2.41. The van der Waals surface area contributed by atoms with Gasteiger partial charge in [-0.25, -0.2) is 4.39 Å². The van der Waals surface area contributed by atoms with Gasteiger partial charge in [0.05, 0.1) is 6.26 Å². The third-order valence-corrected chi connectivity index (χ3v) is 7.29. The molecular formula is C26H25FN4O4. The Morgan fingerprint density at radius 2 is 1.89 bits per heavy atom. The Labute approximate surface area is 201 Å². The van der Waals surface area contributed by atoms with Crippen molar-refractivity contribution in [1.29, 1.82) is 0 Å². The van der Waals surface area contributed by atoms with Crippen molar-refractivity contribution in [2.75, 3.05) is 31.1 Å². The fourth-order valence-corrected chi connectivity index (χ4v) is 5.47. The lowest BCUT2D eigenvalue weighted by atomic mass is 10.0. The summed E-state index contributed by atoms with van der Waals surface area (Å²) in [6.07, 6.45) is 2.17. The van der Waals surface area contributed by atoms with Crippen LogP contribution >= 0.6 is 0 Å². The van der Waals surface area contributed by atoms with E-state index in [9.17, 15) is 18.8 Å². The minimum Gasteiger partial charge on any atom is -0.464 e. The number of amides is 3. The maximum atomic E-state index is 14.6. The van der Waals surface area contributed by atoms with Crippen LogP contribution in [0.1, 0.15) is 34.3 Å². The van der Waals surface area contributed by atoms with Gasteiger partial charge in [-0.1, -0.05) is 12.1 Å². The highest BCUT2D eigenvalue weighted by Crippen LogP contribution is 2.35. The summed E-state index contributed by atoms with van der Waals surface area (Å²) in [7, 11) is 0. The number of carbonyl (C=O) groups excluding carboxylic acids is 3. The van der Waals surface area contributed by atoms with E-state index in [0.29, 0.717) is 24.3 Å². The van der Waals surface area contributed by atoms with Crippen LogP contribution in [0.3, 0.4) is 0 Å². The molecule has 4 heterocycles. The van der Waals surface area contributed by atoms with Gasteiger partial charge < -0.3 is 14.2 Å². The first kappa shape index (κ1) is 21.8. The molecule has 1 atom stereocenters. The number of nitrogens with zero attached hydrogens (tertiary/aromatic N) is 3. The highest BCUT2D eigenvalue weighted by molar-refractivity contribution is 6.06. The normalized spacial score (nSPS) is 21.1. The van der Waals surface area contributed by atoms with Crippen LogP contribution in [0, 0.1) is 5.82 Å². The summed E-state index contributed by atoms with van der Waals surface area (Å²) in [5, 5.41) is 3.43. The lowest BCUT2D eigenvalue weighted by molar-refractivity contribution is -0.136. The van der Waals surface area contributed by atoms with E-state index in [0.717, 1.165) is 36.2 Å². The van der Waals surface area contributed by atoms with E-state index in [1.807, 2.05) is 18.2 Å². The maximum Gasteiger partial charge on any atom is 0.255 e. The molecule has 0 aliphatic carbocycles. The van der Waals surface area contributed by atoms with Crippen LogP contribution in [0.15, 0.2) is 47.1 Å². The second-order valence-electron chi connectivity index (χ2n) is 9.36. The van der Waals surface area contributed by atoms with Gasteiger partial charge in [0.2, 0.25) is 11.8 Å². The number of hydrogen-bond donors (Lipinski definition) is 1. The molecular weight excluding hydrogens is 451 g/mol. The van der Waals surface area contributed by atoms with Crippen LogP contribution in [0.25, 0.3) is 11.0 Å². The van der Waals surface area contributed by atoms with Crippen molar-refractivity contribution in [3.8, 4) is 0 Å². The molecule has 2 aromatic carbocycles. The molecule has 8 nitrogen and oxygen atoms in total. The molecule has 0 radical (unpaired) electrons. The number of nitrogens with one attached hydrogen (secondary N) is 1. The number of furan rings is 1. The molecule has 3 amide bonds. The third kappa shape index (κ3) is 3.85. The molecule has 3 aromatic rings. The molecule has 9 heteroatoms. The summed E-state index contributed by atoms with van der Waals surface area (Å²) in [5.41, 5.74) is 3.85. The average molecular weight is 477 g/mol. The van der Waals surface area contributed by atoms with E-state index in [4.69, 9.17) is 4.42 Å². The van der Waals surface area contributed by atoms with E-state index in [1.165, 1.54) is 22.6 Å². The van der Waals surface area contributed by atoms with Crippen LogP contribution in [-0.4, -0.2) is 59.7 Å². The van der Waals surface area contributed by atoms with Gasteiger partial charge in [-0.3, -0.25) is 24.6 Å². The summed E-state index contributed by atoms with van der Waals surface area (Å²) in [4.78, 5) is 43.0. The molecule has 2 fully saturated rings. The summed E-state index contributed by atoms with van der Waals surface area (Å²) in [5.74, 6) is -1.62. The molecule has 0 saturated carbocycles. The Bertz CT molecular complexity index is 1340. The van der Waals surface area contributed by atoms with Crippen molar-refractivity contribution in [3.05, 3.63) is 65.2 Å². The van der Waals surface area contributed by atoms with Gasteiger partial charge in [0.25, 0.3) is 5.91 Å². The SMILES string of the molecule is O=C1CCC(N2Cc3c(cc(F)cc3N3CCN(Cc4cccc5occc45)CC3)C2=O)C(=O)N1. The number of fused-ring (bicyclic) bond motifs is 2. The van der Waals surface area contributed by atoms with Crippen LogP contribution in [0.2, 0.25) is 0 Å². The van der Waals surface area contributed by atoms with Crippen LogP contribution in [0.5, 0.6) is 0 Å². The van der Waals surface area contributed by atoms with Crippen LogP contribution in [0.4, 0.5) is 10.1 Å². The quantitative estimate of drug-likeness (QED) is 0.583. The number of carbonyl (C=O) groups is 3. The Kier molecular flexibility index (Phi) is 5.29. The zero-order chi connectivity index (χ0) is 24.1. The van der Waals surface area contributed by atoms with Gasteiger partial charge in [-0.15, -0.1) is 0 Å². The molecule has 1 aromatic heterocycles. The van der Waals surface area contributed by atoms with Crippen molar-refractivity contribution in [2.45, 2.75) is 32.0 Å². The second kappa shape index (κ2) is 8.49. The van der Waals surface area contributed by atoms with Gasteiger partial charge in [-0.05, 0) is 36.2 Å². The van der Waals surface area contributed by atoms with E-state index in [-0.39, 0.29) is 31.2 Å². The standard InChI is InChI=1S/C26H25FN4O4/c27-17-12-19-20(15-31(26(19)34)21-4-5-24(32)28-25(21)33)22(13-17)30-9-7-29(8-10-30)14-16-2-1-3-23-18(16)6-11-35-23/h1-3,6,11-13,21H,4-5,7-10,14-15H2,(H,28,32,33). The number of piperazine rings is 1. The Morgan fingerprint density at radius 1 is 1.06 bits per heavy atom. The zero-order valence-corrected chi connectivity index (χ0v) is 19.1. The highest BCUT2D eigenvalue weighted by atomic mass is 19.1. The molecule has 3 aliphatic heterocycles. The second-order valence-corrected chi connectivity index (χ2v) is 9.36. The number of benzene rings is 2. The zero-order valence-electron chi connectivity index (χ0n) is 19.1. The van der Waals surface area contributed by atoms with Crippen LogP contribution < -0.4 is 10.2 Å². The van der Waals surface area contributed by atoms with Crippen molar-refractivity contribution in [3.63, 3.8) is 0 Å². The molecule has 3 aliphatic rings. The Hall–Kier alpha value is -3.72. The number of halogens is 1. The van der Waals surface area contributed by atoms with Crippen molar-refractivity contribution in [2.24, 2.45) is 0 Å². The van der Waals surface area contributed by atoms with E-state index >= 15 is 0 Å². The number of rotatable bonds is 4. The average Bonchev–Trinajstić information content (AvgIpc) is 3.45. The van der Waals surface area contributed by atoms with Crippen molar-refractivity contribution < 1.29 is 23.2 Å². The fourth-order valence-electron chi connectivity index (χ4n) is 5.47. The van der Waals surface area contributed by atoms with E-state index in [2.05, 4.69) is 21.2 Å². The molecule has 35 heavy (non-hydrogen) atoms. The monoisotopic (exact) mass is 476 g/mol. The topological polar surface area (TPSA) is 86.1 Å². The molecule has 0 bridgehead atoms. The lowest BCUT2D eigenvalue weighted by Crippen LogP contribution is -2.52. The van der Waals surface area contributed by atoms with Crippen molar-refractivity contribution in [1.82, 2.24) is 15.1 Å². The van der Waals surface area contributed by atoms with E-state index < -0.39 is 17.8 Å². The summed E-state index contributed by atoms with van der Waals surface area (Å²) >= 11 is 0. The molecule has 1 unspecified atom stereocenters. The van der Waals surface area contributed by atoms with Gasteiger partial charge in [0, 0.05) is 67.9 Å². The van der Waals surface area contributed by atoms with E-state index in [1.54, 1.807) is 6.26 Å². The molecule has 180 valence electrons. The summed E-state index contributed by atoms with van der Waals surface area (Å²) < 4.78 is 20.1. The van der Waals surface area contributed by atoms with Gasteiger partial charge in [-0.2, -0.15) is 0 Å². The number of piperidine rings is 1. The maximum absolute atomic E-state index is 14.6.